The molecule has 0 saturated heterocycles. The molecule has 1 atom stereocenters. The maximum absolute atomic E-state index is 12.4. The minimum atomic E-state index is -0.480. The van der Waals surface area contributed by atoms with Gasteiger partial charge in [0.05, 0.1) is 12.0 Å². The van der Waals surface area contributed by atoms with Gasteiger partial charge < -0.3 is 9.73 Å². The third kappa shape index (κ3) is 4.66. The van der Waals surface area contributed by atoms with Crippen LogP contribution in [-0.4, -0.2) is 18.5 Å². The van der Waals surface area contributed by atoms with Crippen molar-refractivity contribution in [1.29, 1.82) is 0 Å². The molecular weight excluding hydrogens is 300 g/mol. The van der Waals surface area contributed by atoms with Crippen LogP contribution in [0.25, 0.3) is 0 Å². The third-order valence-electron chi connectivity index (χ3n) is 2.89. The zero-order valence-electron chi connectivity index (χ0n) is 12.2. The summed E-state index contributed by atoms with van der Waals surface area (Å²) in [6.07, 6.45) is 1.60. The van der Waals surface area contributed by atoms with Crippen molar-refractivity contribution in [3.63, 3.8) is 0 Å². The maximum atomic E-state index is 12.4. The molecule has 22 heavy (non-hydrogen) atoms. The smallest absolute Gasteiger partial charge is 0.321 e. The first-order valence-corrected chi connectivity index (χ1v) is 8.03. The molecule has 0 radical (unpaired) electrons. The molecule has 2 N–H and O–H groups in total. The van der Waals surface area contributed by atoms with Gasteiger partial charge in [-0.15, -0.1) is 11.8 Å². The molecule has 5 nitrogen and oxygen atoms in total. The molecule has 0 spiro atoms. The zero-order valence-corrected chi connectivity index (χ0v) is 13.1. The van der Waals surface area contributed by atoms with Crippen molar-refractivity contribution in [2.45, 2.75) is 17.9 Å². The molecule has 1 heterocycles. The van der Waals surface area contributed by atoms with E-state index in [9.17, 15) is 9.59 Å². The van der Waals surface area contributed by atoms with Gasteiger partial charge in [0.25, 0.3) is 0 Å². The van der Waals surface area contributed by atoms with Gasteiger partial charge in [0, 0.05) is 6.54 Å². The maximum Gasteiger partial charge on any atom is 0.321 e. The van der Waals surface area contributed by atoms with Crippen LogP contribution in [0, 0.1) is 0 Å². The Kier molecular flexibility index (Phi) is 6.09. The van der Waals surface area contributed by atoms with Crippen LogP contribution in [0.15, 0.2) is 53.1 Å². The number of hydrogen-bond acceptors (Lipinski definition) is 4. The highest BCUT2D eigenvalue weighted by Crippen LogP contribution is 2.31. The van der Waals surface area contributed by atoms with E-state index < -0.39 is 11.3 Å². The largest absolute Gasteiger partial charge is 0.468 e. The average molecular weight is 318 g/mol. The Balaban J connectivity index is 2.07. The summed E-state index contributed by atoms with van der Waals surface area (Å²) in [5.41, 5.74) is 0.848. The highest BCUT2D eigenvalue weighted by molar-refractivity contribution is 7.99. The highest BCUT2D eigenvalue weighted by Gasteiger charge is 2.23. The molecule has 1 aromatic carbocycles. The Morgan fingerprint density at radius 2 is 1.95 bits per heavy atom. The normalized spacial score (nSPS) is 11.7. The first kappa shape index (κ1) is 16.2. The molecule has 2 rings (SSSR count). The predicted octanol–water partition coefficient (Wildman–Crippen LogP) is 3.10. The SMILES string of the molecule is CCNC(=O)NC(=O)[C@H](SCc1ccco1)c1ccccc1. The third-order valence-corrected chi connectivity index (χ3v) is 4.16. The Hall–Kier alpha value is -2.21. The minimum absolute atomic E-state index is 0.339. The predicted molar refractivity (Wildman–Crippen MR) is 86.4 cm³/mol. The van der Waals surface area contributed by atoms with Crippen molar-refractivity contribution in [3.8, 4) is 0 Å². The molecule has 0 saturated carbocycles. The molecule has 0 bridgehead atoms. The summed E-state index contributed by atoms with van der Waals surface area (Å²) >= 11 is 1.41. The van der Waals surface area contributed by atoms with E-state index in [0.717, 1.165) is 11.3 Å². The number of benzene rings is 1. The van der Waals surface area contributed by atoms with Gasteiger partial charge in [-0.1, -0.05) is 30.3 Å². The van der Waals surface area contributed by atoms with Crippen molar-refractivity contribution in [2.75, 3.05) is 6.54 Å². The van der Waals surface area contributed by atoms with Crippen molar-refractivity contribution < 1.29 is 14.0 Å². The number of nitrogens with one attached hydrogen (secondary N) is 2. The van der Waals surface area contributed by atoms with Crippen LogP contribution in [0.2, 0.25) is 0 Å². The number of carbonyl (C=O) groups is 2. The van der Waals surface area contributed by atoms with Gasteiger partial charge in [-0.25, -0.2) is 4.79 Å². The first-order chi connectivity index (χ1) is 10.7. The van der Waals surface area contributed by atoms with Gasteiger partial charge in [0.15, 0.2) is 0 Å². The Morgan fingerprint density at radius 3 is 2.59 bits per heavy atom. The summed E-state index contributed by atoms with van der Waals surface area (Å²) in [5.74, 6) is 1.00. The Morgan fingerprint density at radius 1 is 1.18 bits per heavy atom. The molecule has 1 aromatic heterocycles. The van der Waals surface area contributed by atoms with Crippen LogP contribution in [-0.2, 0) is 10.5 Å². The van der Waals surface area contributed by atoms with Crippen LogP contribution in [0.5, 0.6) is 0 Å². The summed E-state index contributed by atoms with van der Waals surface area (Å²) in [7, 11) is 0. The van der Waals surface area contributed by atoms with E-state index in [4.69, 9.17) is 4.42 Å². The van der Waals surface area contributed by atoms with E-state index in [2.05, 4.69) is 10.6 Å². The number of thioether (sulfide) groups is 1. The lowest BCUT2D eigenvalue weighted by molar-refractivity contribution is -0.119. The molecule has 0 aliphatic heterocycles. The first-order valence-electron chi connectivity index (χ1n) is 6.98. The second-order valence-corrected chi connectivity index (χ2v) is 5.62. The van der Waals surface area contributed by atoms with E-state index in [1.165, 1.54) is 11.8 Å². The molecule has 2 aromatic rings. The number of furan rings is 1. The zero-order chi connectivity index (χ0) is 15.8. The van der Waals surface area contributed by atoms with Gasteiger partial charge >= 0.3 is 6.03 Å². The van der Waals surface area contributed by atoms with Crippen LogP contribution in [0.1, 0.15) is 23.5 Å². The van der Waals surface area contributed by atoms with Crippen molar-refractivity contribution >= 4 is 23.7 Å². The van der Waals surface area contributed by atoms with Gasteiger partial charge in [-0.3, -0.25) is 10.1 Å². The van der Waals surface area contributed by atoms with Gasteiger partial charge in [0.2, 0.25) is 5.91 Å². The van der Waals surface area contributed by atoms with Crippen molar-refractivity contribution in [1.82, 2.24) is 10.6 Å². The number of imide groups is 1. The van der Waals surface area contributed by atoms with Crippen LogP contribution >= 0.6 is 11.8 Å². The number of urea groups is 1. The summed E-state index contributed by atoms with van der Waals surface area (Å²) in [5, 5.41) is 4.45. The van der Waals surface area contributed by atoms with Crippen molar-refractivity contribution in [3.05, 3.63) is 60.1 Å². The monoisotopic (exact) mass is 318 g/mol. The van der Waals surface area contributed by atoms with Gasteiger partial charge in [-0.2, -0.15) is 0 Å². The van der Waals surface area contributed by atoms with Crippen molar-refractivity contribution in [2.24, 2.45) is 0 Å². The van der Waals surface area contributed by atoms with Crippen LogP contribution in [0.3, 0.4) is 0 Å². The van der Waals surface area contributed by atoms with Gasteiger partial charge in [0.1, 0.15) is 11.0 Å². The molecule has 0 fully saturated rings. The van der Waals surface area contributed by atoms with Crippen LogP contribution in [0.4, 0.5) is 4.79 Å². The second kappa shape index (κ2) is 8.29. The van der Waals surface area contributed by atoms with E-state index >= 15 is 0 Å². The fourth-order valence-corrected chi connectivity index (χ4v) is 2.95. The topological polar surface area (TPSA) is 71.3 Å². The average Bonchev–Trinajstić information content (AvgIpc) is 3.02. The molecule has 116 valence electrons. The number of hydrogen-bond donors (Lipinski definition) is 2. The van der Waals surface area contributed by atoms with E-state index in [1.54, 1.807) is 13.2 Å². The molecule has 3 amide bonds. The van der Waals surface area contributed by atoms with Crippen LogP contribution < -0.4 is 10.6 Å². The number of rotatable bonds is 6. The molecule has 0 aliphatic rings. The summed E-state index contributed by atoms with van der Waals surface area (Å²) < 4.78 is 5.29. The lowest BCUT2D eigenvalue weighted by Gasteiger charge is -2.16. The second-order valence-electron chi connectivity index (χ2n) is 4.53. The van der Waals surface area contributed by atoms with E-state index in [-0.39, 0.29) is 5.91 Å². The molecule has 0 aliphatic carbocycles. The molecule has 6 heteroatoms. The van der Waals surface area contributed by atoms with E-state index in [1.807, 2.05) is 42.5 Å². The minimum Gasteiger partial charge on any atom is -0.468 e. The fraction of sp³-hybridized carbons (Fsp3) is 0.250. The lowest BCUT2D eigenvalue weighted by atomic mass is 10.1. The Labute approximate surface area is 133 Å². The fourth-order valence-electron chi connectivity index (χ4n) is 1.89. The quantitative estimate of drug-likeness (QED) is 0.858. The Bertz CT molecular complexity index is 599. The molecule has 0 unspecified atom stereocenters. The highest BCUT2D eigenvalue weighted by atomic mass is 32.2. The summed E-state index contributed by atoms with van der Waals surface area (Å²) in [6, 6.07) is 12.6. The molecular formula is C16H18N2O3S. The number of amides is 3. The summed E-state index contributed by atoms with van der Waals surface area (Å²) in [6.45, 7) is 2.26. The van der Waals surface area contributed by atoms with E-state index in [0.29, 0.717) is 12.3 Å². The van der Waals surface area contributed by atoms with Gasteiger partial charge in [-0.05, 0) is 24.6 Å². The number of carbonyl (C=O) groups excluding carboxylic acids is 2. The standard InChI is InChI=1S/C16H18N2O3S/c1-2-17-16(20)18-15(19)14(12-7-4-3-5-8-12)22-11-13-9-6-10-21-13/h3-10,14H,2,11H2,1H3,(H2,17,18,19,20)/t14-/m1/s1. The lowest BCUT2D eigenvalue weighted by Crippen LogP contribution is -2.41. The summed E-state index contributed by atoms with van der Waals surface area (Å²) in [4.78, 5) is 23.9.